The molecule has 2 N–H and O–H groups in total. The molecule has 0 unspecified atom stereocenters. The summed E-state index contributed by atoms with van der Waals surface area (Å²) in [5, 5.41) is 1.41. The van der Waals surface area contributed by atoms with Crippen molar-refractivity contribution in [3.63, 3.8) is 0 Å². The maximum absolute atomic E-state index is 13.0. The lowest BCUT2D eigenvalue weighted by Gasteiger charge is -2.35. The standard InChI is InChI=1S/C26H34N6OS2/c27-32-25(33)23-19-7-2-4-9-21(19)35-24(23)29-26(32)34-17-5-12-30-13-15-31(16-14-30)22-11-10-18-6-1-3-8-20(18)28-22/h10-11H,1-9,12-17,27H2. The molecule has 1 aliphatic heterocycles. The zero-order valence-corrected chi connectivity index (χ0v) is 21.9. The van der Waals surface area contributed by atoms with E-state index < -0.39 is 0 Å². The van der Waals surface area contributed by atoms with Crippen molar-refractivity contribution in [1.82, 2.24) is 19.5 Å². The highest BCUT2D eigenvalue weighted by Gasteiger charge is 2.22. The molecule has 0 amide bonds. The highest BCUT2D eigenvalue weighted by molar-refractivity contribution is 7.99. The fourth-order valence-electron chi connectivity index (χ4n) is 5.70. The maximum Gasteiger partial charge on any atom is 0.281 e. The summed E-state index contributed by atoms with van der Waals surface area (Å²) in [5.41, 5.74) is 3.89. The van der Waals surface area contributed by atoms with E-state index in [0.29, 0.717) is 5.16 Å². The van der Waals surface area contributed by atoms with E-state index >= 15 is 0 Å². The zero-order chi connectivity index (χ0) is 23.8. The summed E-state index contributed by atoms with van der Waals surface area (Å²) < 4.78 is 1.28. The van der Waals surface area contributed by atoms with Crippen LogP contribution in [0.4, 0.5) is 5.82 Å². The van der Waals surface area contributed by atoms with E-state index in [-0.39, 0.29) is 5.56 Å². The number of anilines is 1. The van der Waals surface area contributed by atoms with Gasteiger partial charge in [-0.2, -0.15) is 0 Å². The summed E-state index contributed by atoms with van der Waals surface area (Å²) in [4.78, 5) is 29.9. The van der Waals surface area contributed by atoms with Crippen molar-refractivity contribution >= 4 is 39.1 Å². The number of thioether (sulfide) groups is 1. The van der Waals surface area contributed by atoms with E-state index in [0.717, 1.165) is 86.6 Å². The number of thiophene rings is 1. The molecule has 3 aliphatic rings. The molecule has 4 heterocycles. The van der Waals surface area contributed by atoms with Crippen LogP contribution in [0.25, 0.3) is 10.2 Å². The first-order valence-electron chi connectivity index (χ1n) is 13.1. The summed E-state index contributed by atoms with van der Waals surface area (Å²) >= 11 is 3.30. The number of fused-ring (bicyclic) bond motifs is 4. The smallest absolute Gasteiger partial charge is 0.281 e. The number of hydrogen-bond donors (Lipinski definition) is 1. The number of pyridine rings is 1. The Bertz CT molecular complexity index is 1280. The second-order valence-corrected chi connectivity index (χ2v) is 12.1. The van der Waals surface area contributed by atoms with Gasteiger partial charge in [-0.25, -0.2) is 14.6 Å². The van der Waals surface area contributed by atoms with Crippen molar-refractivity contribution in [1.29, 1.82) is 0 Å². The average molecular weight is 511 g/mol. The van der Waals surface area contributed by atoms with E-state index in [9.17, 15) is 4.79 Å². The highest BCUT2D eigenvalue weighted by atomic mass is 32.2. The van der Waals surface area contributed by atoms with Gasteiger partial charge in [0.15, 0.2) is 5.16 Å². The minimum absolute atomic E-state index is 0.0798. The Balaban J connectivity index is 1.01. The number of aromatic nitrogens is 3. The van der Waals surface area contributed by atoms with Gasteiger partial charge >= 0.3 is 0 Å². The lowest BCUT2D eigenvalue weighted by Crippen LogP contribution is -2.47. The summed E-state index contributed by atoms with van der Waals surface area (Å²) in [5.74, 6) is 8.24. The van der Waals surface area contributed by atoms with Gasteiger partial charge < -0.3 is 10.7 Å². The van der Waals surface area contributed by atoms with Gasteiger partial charge in [-0.15, -0.1) is 11.3 Å². The molecule has 1 saturated heterocycles. The van der Waals surface area contributed by atoms with Crippen molar-refractivity contribution in [2.45, 2.75) is 62.9 Å². The molecule has 186 valence electrons. The van der Waals surface area contributed by atoms with Crippen LogP contribution in [0.1, 0.15) is 53.8 Å². The Kier molecular flexibility index (Phi) is 6.73. The van der Waals surface area contributed by atoms with Crippen molar-refractivity contribution in [2.75, 3.05) is 49.2 Å². The number of rotatable bonds is 6. The van der Waals surface area contributed by atoms with Gasteiger partial charge in [-0.3, -0.25) is 9.69 Å². The molecule has 1 fully saturated rings. The monoisotopic (exact) mass is 510 g/mol. The van der Waals surface area contributed by atoms with Gasteiger partial charge in [0.05, 0.1) is 5.39 Å². The molecule has 3 aromatic rings. The van der Waals surface area contributed by atoms with Crippen molar-refractivity contribution < 1.29 is 0 Å². The number of hydrogen-bond acceptors (Lipinski definition) is 8. The maximum atomic E-state index is 13.0. The Morgan fingerprint density at radius 1 is 0.971 bits per heavy atom. The van der Waals surface area contributed by atoms with E-state index in [1.54, 1.807) is 23.1 Å². The first-order valence-corrected chi connectivity index (χ1v) is 14.9. The lowest BCUT2D eigenvalue weighted by molar-refractivity contribution is 0.258. The Morgan fingerprint density at radius 3 is 2.66 bits per heavy atom. The molecule has 9 heteroatoms. The first-order chi connectivity index (χ1) is 17.2. The van der Waals surface area contributed by atoms with E-state index in [2.05, 4.69) is 21.9 Å². The van der Waals surface area contributed by atoms with Crippen LogP contribution in [0.15, 0.2) is 22.1 Å². The SMILES string of the molecule is Nn1c(SCCCN2CCN(c3ccc4c(n3)CCCC4)CC2)nc2sc3c(c2c1=O)CCCC3. The average Bonchev–Trinajstić information content (AvgIpc) is 3.28. The van der Waals surface area contributed by atoms with Crippen LogP contribution >= 0.6 is 23.1 Å². The van der Waals surface area contributed by atoms with Crippen LogP contribution < -0.4 is 16.3 Å². The number of aryl methyl sites for hydroxylation is 4. The van der Waals surface area contributed by atoms with Crippen LogP contribution in [0.2, 0.25) is 0 Å². The van der Waals surface area contributed by atoms with Crippen LogP contribution in [-0.4, -0.2) is 58.0 Å². The molecule has 0 aromatic carbocycles. The minimum atomic E-state index is -0.0798. The van der Waals surface area contributed by atoms with Crippen LogP contribution in [0.5, 0.6) is 0 Å². The van der Waals surface area contributed by atoms with Crippen molar-refractivity contribution in [3.05, 3.63) is 44.2 Å². The number of nitrogen functional groups attached to an aromatic ring is 1. The third kappa shape index (κ3) is 4.70. The van der Waals surface area contributed by atoms with Gasteiger partial charge in [0.1, 0.15) is 10.6 Å². The molecule has 0 radical (unpaired) electrons. The molecule has 3 aromatic heterocycles. The predicted molar refractivity (Wildman–Crippen MR) is 146 cm³/mol. The Morgan fingerprint density at radius 2 is 1.77 bits per heavy atom. The lowest BCUT2D eigenvalue weighted by atomic mass is 9.96. The molecule has 0 bridgehead atoms. The molecule has 0 atom stereocenters. The zero-order valence-electron chi connectivity index (χ0n) is 20.3. The summed E-state index contributed by atoms with van der Waals surface area (Å²) in [6, 6.07) is 4.52. The Labute approximate surface area is 214 Å². The second-order valence-electron chi connectivity index (χ2n) is 9.97. The van der Waals surface area contributed by atoms with Crippen LogP contribution in [-0.2, 0) is 25.7 Å². The minimum Gasteiger partial charge on any atom is -0.354 e. The van der Waals surface area contributed by atoms with Gasteiger partial charge in [0.25, 0.3) is 5.56 Å². The van der Waals surface area contributed by atoms with Crippen LogP contribution in [0, 0.1) is 0 Å². The fourth-order valence-corrected chi connectivity index (χ4v) is 7.84. The molecule has 2 aliphatic carbocycles. The third-order valence-corrected chi connectivity index (χ3v) is 9.92. The third-order valence-electron chi connectivity index (χ3n) is 7.70. The molecule has 0 saturated carbocycles. The highest BCUT2D eigenvalue weighted by Crippen LogP contribution is 2.34. The molecule has 7 nitrogen and oxygen atoms in total. The molecule has 6 rings (SSSR count). The van der Waals surface area contributed by atoms with Gasteiger partial charge in [-0.1, -0.05) is 17.8 Å². The van der Waals surface area contributed by atoms with Crippen LogP contribution in [0.3, 0.4) is 0 Å². The normalized spacial score (nSPS) is 18.6. The molecular formula is C26H34N6OS2. The predicted octanol–water partition coefficient (Wildman–Crippen LogP) is 3.63. The van der Waals surface area contributed by atoms with Gasteiger partial charge in [0, 0.05) is 42.5 Å². The topological polar surface area (TPSA) is 80.3 Å². The summed E-state index contributed by atoms with van der Waals surface area (Å²) in [6.07, 6.45) is 10.3. The van der Waals surface area contributed by atoms with Crippen molar-refractivity contribution in [2.24, 2.45) is 0 Å². The number of nitrogens with two attached hydrogens (primary N) is 1. The Hall–Kier alpha value is -2.10. The van der Waals surface area contributed by atoms with E-state index in [1.165, 1.54) is 52.1 Å². The molecule has 35 heavy (non-hydrogen) atoms. The number of piperazine rings is 1. The van der Waals surface area contributed by atoms with Gasteiger partial charge in [0.2, 0.25) is 0 Å². The summed E-state index contributed by atoms with van der Waals surface area (Å²) in [6.45, 7) is 5.25. The molecule has 0 spiro atoms. The number of nitrogens with zero attached hydrogens (tertiary/aromatic N) is 5. The second kappa shape index (κ2) is 10.1. The van der Waals surface area contributed by atoms with E-state index in [4.69, 9.17) is 15.8 Å². The molecular weight excluding hydrogens is 476 g/mol. The largest absolute Gasteiger partial charge is 0.354 e. The van der Waals surface area contributed by atoms with Crippen molar-refractivity contribution in [3.8, 4) is 0 Å². The fraction of sp³-hybridized carbons (Fsp3) is 0.577. The first kappa shape index (κ1) is 23.3. The quantitative estimate of drug-likeness (QED) is 0.235. The van der Waals surface area contributed by atoms with E-state index in [1.807, 2.05) is 0 Å². The summed E-state index contributed by atoms with van der Waals surface area (Å²) in [7, 11) is 0. The van der Waals surface area contributed by atoms with Gasteiger partial charge in [-0.05, 0) is 81.5 Å².